The Kier molecular flexibility index (Phi) is 4.15. The lowest BCUT2D eigenvalue weighted by Crippen LogP contribution is -1.97. The van der Waals surface area contributed by atoms with Gasteiger partial charge in [0.25, 0.3) is 0 Å². The van der Waals surface area contributed by atoms with E-state index in [9.17, 15) is 0 Å². The van der Waals surface area contributed by atoms with Crippen molar-refractivity contribution < 1.29 is 4.42 Å². The van der Waals surface area contributed by atoms with Crippen LogP contribution in [0.4, 0.5) is 0 Å². The first-order valence-corrected chi connectivity index (χ1v) is 6.36. The number of para-hydroxylation sites is 1. The number of aromatic nitrogens is 1. The van der Waals surface area contributed by atoms with E-state index in [1.165, 1.54) is 12.8 Å². The number of oxazole rings is 1. The highest BCUT2D eigenvalue weighted by molar-refractivity contribution is 5.75. The zero-order chi connectivity index (χ0) is 12.1. The van der Waals surface area contributed by atoms with Crippen molar-refractivity contribution in [3.8, 4) is 0 Å². The average molecular weight is 232 g/mol. The molecule has 0 unspecified atom stereocenters. The number of aryl methyl sites for hydroxylation is 2. The Hall–Kier alpha value is -1.35. The minimum absolute atomic E-state index is 0.794. The second-order valence-corrected chi connectivity index (χ2v) is 4.48. The fraction of sp³-hybridized carbons (Fsp3) is 0.500. The Morgan fingerprint density at radius 3 is 2.76 bits per heavy atom. The monoisotopic (exact) mass is 232 g/mol. The number of unbranched alkanes of at least 4 members (excludes halogenated alkanes) is 3. The van der Waals surface area contributed by atoms with Gasteiger partial charge in [-0.2, -0.15) is 0 Å². The molecule has 2 rings (SSSR count). The van der Waals surface area contributed by atoms with Crippen LogP contribution in [0.2, 0.25) is 0 Å². The Morgan fingerprint density at radius 1 is 1.18 bits per heavy atom. The van der Waals surface area contributed by atoms with E-state index in [-0.39, 0.29) is 0 Å². The molecule has 0 saturated heterocycles. The largest absolute Gasteiger partial charge is 0.440 e. The summed E-state index contributed by atoms with van der Waals surface area (Å²) >= 11 is 0. The van der Waals surface area contributed by atoms with Crippen LogP contribution in [0.25, 0.3) is 11.1 Å². The normalized spacial score (nSPS) is 11.2. The third kappa shape index (κ3) is 3.07. The Labute approximate surface area is 102 Å². The summed E-state index contributed by atoms with van der Waals surface area (Å²) in [6.07, 6.45) is 5.59. The zero-order valence-corrected chi connectivity index (χ0v) is 10.4. The molecule has 0 atom stereocenters. The minimum Gasteiger partial charge on any atom is -0.440 e. The number of nitrogens with two attached hydrogens (primary N) is 1. The Balaban J connectivity index is 1.93. The lowest BCUT2D eigenvalue weighted by Gasteiger charge is -1.96. The van der Waals surface area contributed by atoms with Crippen LogP contribution in [0, 0.1) is 6.92 Å². The number of rotatable bonds is 6. The van der Waals surface area contributed by atoms with E-state index in [2.05, 4.69) is 18.0 Å². The van der Waals surface area contributed by atoms with Gasteiger partial charge >= 0.3 is 0 Å². The average Bonchev–Trinajstić information content (AvgIpc) is 2.73. The van der Waals surface area contributed by atoms with Gasteiger partial charge < -0.3 is 10.2 Å². The number of nitrogens with zero attached hydrogens (tertiary/aromatic N) is 1. The van der Waals surface area contributed by atoms with E-state index >= 15 is 0 Å². The molecule has 0 bridgehead atoms. The standard InChI is InChI=1S/C14H20N2O/c1-11-7-6-8-12-14(11)17-13(16-12)9-4-2-3-5-10-15/h6-8H,2-5,9-10,15H2,1H3. The lowest BCUT2D eigenvalue weighted by molar-refractivity contribution is 0.507. The van der Waals surface area contributed by atoms with Crippen LogP contribution in [0.3, 0.4) is 0 Å². The first kappa shape index (κ1) is 12.1. The quantitative estimate of drug-likeness (QED) is 0.778. The van der Waals surface area contributed by atoms with E-state index in [0.717, 1.165) is 48.4 Å². The van der Waals surface area contributed by atoms with Gasteiger partial charge in [-0.1, -0.05) is 25.0 Å². The van der Waals surface area contributed by atoms with E-state index < -0.39 is 0 Å². The van der Waals surface area contributed by atoms with E-state index in [1.54, 1.807) is 0 Å². The van der Waals surface area contributed by atoms with Crippen LogP contribution in [0.15, 0.2) is 22.6 Å². The van der Waals surface area contributed by atoms with Crippen molar-refractivity contribution in [2.75, 3.05) is 6.54 Å². The molecule has 0 amide bonds. The van der Waals surface area contributed by atoms with Crippen molar-refractivity contribution in [3.05, 3.63) is 29.7 Å². The predicted molar refractivity (Wildman–Crippen MR) is 70.0 cm³/mol. The molecule has 0 radical (unpaired) electrons. The molecule has 0 fully saturated rings. The molecule has 0 aliphatic carbocycles. The van der Waals surface area contributed by atoms with Gasteiger partial charge in [-0.3, -0.25) is 0 Å². The highest BCUT2D eigenvalue weighted by atomic mass is 16.3. The molecule has 1 aromatic carbocycles. The van der Waals surface area contributed by atoms with Crippen LogP contribution in [-0.2, 0) is 6.42 Å². The highest BCUT2D eigenvalue weighted by Crippen LogP contribution is 2.20. The maximum absolute atomic E-state index is 5.77. The van der Waals surface area contributed by atoms with Gasteiger partial charge in [0.1, 0.15) is 5.52 Å². The number of hydrogen-bond donors (Lipinski definition) is 1. The Bertz CT molecular complexity index is 476. The summed E-state index contributed by atoms with van der Waals surface area (Å²) in [5.41, 5.74) is 8.52. The molecule has 0 aliphatic rings. The highest BCUT2D eigenvalue weighted by Gasteiger charge is 2.06. The SMILES string of the molecule is Cc1cccc2nc(CCCCCCN)oc12. The molecule has 2 N–H and O–H groups in total. The summed E-state index contributed by atoms with van der Waals surface area (Å²) in [4.78, 5) is 4.50. The first-order chi connectivity index (χ1) is 8.31. The third-order valence-corrected chi connectivity index (χ3v) is 3.00. The predicted octanol–water partition coefficient (Wildman–Crippen LogP) is 3.20. The van der Waals surface area contributed by atoms with Gasteiger partial charge in [0, 0.05) is 6.42 Å². The molecule has 2 aromatic rings. The molecule has 3 heteroatoms. The fourth-order valence-electron chi connectivity index (χ4n) is 2.01. The van der Waals surface area contributed by atoms with Crippen LogP contribution in [-0.4, -0.2) is 11.5 Å². The summed E-state index contributed by atoms with van der Waals surface area (Å²) in [5.74, 6) is 0.863. The van der Waals surface area contributed by atoms with Gasteiger partial charge in [-0.15, -0.1) is 0 Å². The summed E-state index contributed by atoms with van der Waals surface area (Å²) in [7, 11) is 0. The van der Waals surface area contributed by atoms with Crippen molar-refractivity contribution in [1.82, 2.24) is 4.98 Å². The van der Waals surface area contributed by atoms with Crippen molar-refractivity contribution in [2.24, 2.45) is 5.73 Å². The maximum Gasteiger partial charge on any atom is 0.195 e. The van der Waals surface area contributed by atoms with E-state index in [4.69, 9.17) is 10.2 Å². The van der Waals surface area contributed by atoms with Crippen LogP contribution in [0.5, 0.6) is 0 Å². The Morgan fingerprint density at radius 2 is 2.00 bits per heavy atom. The summed E-state index contributed by atoms with van der Waals surface area (Å²) < 4.78 is 5.77. The molecular formula is C14H20N2O. The molecule has 1 heterocycles. The van der Waals surface area contributed by atoms with Crippen molar-refractivity contribution in [1.29, 1.82) is 0 Å². The molecule has 0 aliphatic heterocycles. The minimum atomic E-state index is 0.794. The van der Waals surface area contributed by atoms with Gasteiger partial charge in [-0.25, -0.2) is 4.98 Å². The lowest BCUT2D eigenvalue weighted by atomic mass is 10.1. The smallest absolute Gasteiger partial charge is 0.195 e. The molecule has 3 nitrogen and oxygen atoms in total. The molecule has 0 saturated carbocycles. The third-order valence-electron chi connectivity index (χ3n) is 3.00. The first-order valence-electron chi connectivity index (χ1n) is 6.36. The van der Waals surface area contributed by atoms with Crippen LogP contribution < -0.4 is 5.73 Å². The van der Waals surface area contributed by atoms with Crippen molar-refractivity contribution >= 4 is 11.1 Å². The molecule has 0 spiro atoms. The van der Waals surface area contributed by atoms with Gasteiger partial charge in [0.05, 0.1) is 0 Å². The van der Waals surface area contributed by atoms with Crippen LogP contribution in [0.1, 0.15) is 37.1 Å². The summed E-state index contributed by atoms with van der Waals surface area (Å²) in [5, 5.41) is 0. The zero-order valence-electron chi connectivity index (χ0n) is 10.4. The summed E-state index contributed by atoms with van der Waals surface area (Å²) in [6, 6.07) is 6.08. The molecular weight excluding hydrogens is 212 g/mol. The molecule has 92 valence electrons. The summed E-state index contributed by atoms with van der Waals surface area (Å²) in [6.45, 7) is 2.85. The fourth-order valence-corrected chi connectivity index (χ4v) is 2.01. The number of fused-ring (bicyclic) bond motifs is 1. The second kappa shape index (κ2) is 5.82. The van der Waals surface area contributed by atoms with Crippen molar-refractivity contribution in [2.45, 2.75) is 39.0 Å². The van der Waals surface area contributed by atoms with Gasteiger partial charge in [0.15, 0.2) is 11.5 Å². The molecule has 1 aromatic heterocycles. The van der Waals surface area contributed by atoms with Crippen molar-refractivity contribution in [3.63, 3.8) is 0 Å². The van der Waals surface area contributed by atoms with Gasteiger partial charge in [-0.05, 0) is 37.9 Å². The van der Waals surface area contributed by atoms with E-state index in [1.807, 2.05) is 12.1 Å². The molecule has 17 heavy (non-hydrogen) atoms. The number of hydrogen-bond acceptors (Lipinski definition) is 3. The van der Waals surface area contributed by atoms with E-state index in [0.29, 0.717) is 0 Å². The second-order valence-electron chi connectivity index (χ2n) is 4.48. The van der Waals surface area contributed by atoms with Gasteiger partial charge in [0.2, 0.25) is 0 Å². The van der Waals surface area contributed by atoms with Crippen LogP contribution >= 0.6 is 0 Å². The maximum atomic E-state index is 5.77. The topological polar surface area (TPSA) is 52.0 Å². The number of benzene rings is 1.